The Hall–Kier alpha value is -2.25. The summed E-state index contributed by atoms with van der Waals surface area (Å²) in [4.78, 5) is 12.1. The highest BCUT2D eigenvalue weighted by atomic mass is 35.5. The van der Waals surface area contributed by atoms with Crippen LogP contribution < -0.4 is 5.32 Å². The molecule has 26 heavy (non-hydrogen) atoms. The third kappa shape index (κ3) is 4.11. The Balaban J connectivity index is 1.61. The molecule has 1 N–H and O–H groups in total. The minimum absolute atomic E-state index is 0.0818. The third-order valence-electron chi connectivity index (χ3n) is 3.90. The molecular weight excluding hydrogens is 372 g/mol. The summed E-state index contributed by atoms with van der Waals surface area (Å²) in [5, 5.41) is 12.7. The van der Waals surface area contributed by atoms with Gasteiger partial charge in [-0.25, -0.2) is 0 Å². The van der Waals surface area contributed by atoms with E-state index in [0.717, 1.165) is 22.7 Å². The van der Waals surface area contributed by atoms with Crippen molar-refractivity contribution in [1.29, 1.82) is 0 Å². The first kappa shape index (κ1) is 18.5. The first-order chi connectivity index (χ1) is 12.6. The van der Waals surface area contributed by atoms with Gasteiger partial charge in [-0.2, -0.15) is 0 Å². The number of furan rings is 1. The van der Waals surface area contributed by atoms with E-state index in [9.17, 15) is 4.79 Å². The first-order valence-corrected chi connectivity index (χ1v) is 9.57. The molecule has 0 aliphatic rings. The quantitative estimate of drug-likeness (QED) is 0.619. The van der Waals surface area contributed by atoms with Crippen LogP contribution in [0.5, 0.6) is 0 Å². The average Bonchev–Trinajstić information content (AvgIpc) is 3.24. The van der Waals surface area contributed by atoms with Gasteiger partial charge in [0.15, 0.2) is 11.0 Å². The van der Waals surface area contributed by atoms with Crippen LogP contribution >= 0.6 is 23.4 Å². The molecule has 3 aromatic rings. The van der Waals surface area contributed by atoms with E-state index in [4.69, 9.17) is 16.0 Å². The van der Waals surface area contributed by atoms with E-state index in [-0.39, 0.29) is 11.7 Å². The molecule has 1 amide bonds. The van der Waals surface area contributed by atoms with Crippen molar-refractivity contribution < 1.29 is 9.21 Å². The van der Waals surface area contributed by atoms with Gasteiger partial charge in [-0.3, -0.25) is 4.79 Å². The summed E-state index contributed by atoms with van der Waals surface area (Å²) >= 11 is 7.46. The van der Waals surface area contributed by atoms with Gasteiger partial charge in [0.2, 0.25) is 5.91 Å². The smallest absolute Gasteiger partial charge is 0.230 e. The van der Waals surface area contributed by atoms with Crippen molar-refractivity contribution in [2.45, 2.75) is 32.1 Å². The van der Waals surface area contributed by atoms with Crippen molar-refractivity contribution in [3.63, 3.8) is 0 Å². The van der Waals surface area contributed by atoms with Crippen LogP contribution in [0.2, 0.25) is 5.02 Å². The number of carbonyl (C=O) groups excluding carboxylic acids is 1. The van der Waals surface area contributed by atoms with Gasteiger partial charge >= 0.3 is 0 Å². The molecule has 0 saturated heterocycles. The Morgan fingerprint density at radius 1 is 1.31 bits per heavy atom. The summed E-state index contributed by atoms with van der Waals surface area (Å²) < 4.78 is 7.32. The van der Waals surface area contributed by atoms with E-state index in [0.29, 0.717) is 23.3 Å². The van der Waals surface area contributed by atoms with Crippen molar-refractivity contribution >= 4 is 29.3 Å². The summed E-state index contributed by atoms with van der Waals surface area (Å²) in [6.45, 7) is 5.01. The number of aryl methyl sites for hydroxylation is 1. The fourth-order valence-corrected chi connectivity index (χ4v) is 3.55. The molecule has 0 atom stereocenters. The third-order valence-corrected chi connectivity index (χ3v) is 5.23. The molecule has 0 spiro atoms. The number of amides is 1. The highest BCUT2D eigenvalue weighted by Gasteiger charge is 2.17. The largest absolute Gasteiger partial charge is 0.469 e. The first-order valence-electron chi connectivity index (χ1n) is 8.20. The minimum atomic E-state index is -0.0818. The maximum Gasteiger partial charge on any atom is 0.230 e. The number of nitrogens with zero attached hydrogens (tertiary/aromatic N) is 3. The van der Waals surface area contributed by atoms with Gasteiger partial charge in [-0.15, -0.1) is 10.2 Å². The van der Waals surface area contributed by atoms with Crippen molar-refractivity contribution in [1.82, 2.24) is 20.1 Å². The molecule has 3 rings (SSSR count). The Kier molecular flexibility index (Phi) is 6.00. The highest BCUT2D eigenvalue weighted by Crippen LogP contribution is 2.26. The van der Waals surface area contributed by atoms with E-state index in [1.807, 2.05) is 42.7 Å². The highest BCUT2D eigenvalue weighted by molar-refractivity contribution is 7.99. The molecule has 0 bridgehead atoms. The Labute approximate surface area is 160 Å². The SMILES string of the molecule is CCn1c(SCC(=O)NCc2ccccc2Cl)nnc1-c1ccoc1C. The average molecular weight is 391 g/mol. The number of halogens is 1. The Morgan fingerprint density at radius 3 is 2.81 bits per heavy atom. The summed E-state index contributed by atoms with van der Waals surface area (Å²) in [5.41, 5.74) is 1.80. The molecule has 0 fully saturated rings. The van der Waals surface area contributed by atoms with Crippen LogP contribution in [0.15, 0.2) is 46.2 Å². The number of thioether (sulfide) groups is 1. The molecular formula is C18H19ClN4O2S. The number of hydrogen-bond acceptors (Lipinski definition) is 5. The molecule has 1 aromatic carbocycles. The van der Waals surface area contributed by atoms with Crippen LogP contribution in [0, 0.1) is 6.92 Å². The van der Waals surface area contributed by atoms with Crippen molar-refractivity contribution in [2.24, 2.45) is 0 Å². The predicted octanol–water partition coefficient (Wildman–Crippen LogP) is 3.93. The van der Waals surface area contributed by atoms with Gasteiger partial charge in [0.05, 0.1) is 17.6 Å². The van der Waals surface area contributed by atoms with Gasteiger partial charge in [-0.1, -0.05) is 41.6 Å². The van der Waals surface area contributed by atoms with E-state index < -0.39 is 0 Å². The number of nitrogens with one attached hydrogen (secondary N) is 1. The normalized spacial score (nSPS) is 10.9. The number of benzene rings is 1. The lowest BCUT2D eigenvalue weighted by atomic mass is 10.2. The van der Waals surface area contributed by atoms with Gasteiger partial charge in [0, 0.05) is 18.1 Å². The fraction of sp³-hybridized carbons (Fsp3) is 0.278. The number of aromatic nitrogens is 3. The van der Waals surface area contributed by atoms with Gasteiger partial charge in [0.1, 0.15) is 5.76 Å². The van der Waals surface area contributed by atoms with Crippen LogP contribution in [-0.2, 0) is 17.9 Å². The molecule has 0 saturated carbocycles. The molecule has 0 unspecified atom stereocenters. The van der Waals surface area contributed by atoms with Crippen LogP contribution in [0.1, 0.15) is 18.2 Å². The standard InChI is InChI=1S/C18H19ClN4O2S/c1-3-23-17(14-8-9-25-12(14)2)21-22-18(23)26-11-16(24)20-10-13-6-4-5-7-15(13)19/h4-9H,3,10-11H2,1-2H3,(H,20,24). The molecule has 2 heterocycles. The van der Waals surface area contributed by atoms with Crippen LogP contribution in [-0.4, -0.2) is 26.4 Å². The molecule has 6 nitrogen and oxygen atoms in total. The molecule has 0 aliphatic heterocycles. The molecule has 0 radical (unpaired) electrons. The molecule has 0 aliphatic carbocycles. The Morgan fingerprint density at radius 2 is 2.12 bits per heavy atom. The number of hydrogen-bond donors (Lipinski definition) is 1. The topological polar surface area (TPSA) is 73.0 Å². The number of carbonyl (C=O) groups is 1. The van der Waals surface area contributed by atoms with Crippen molar-refractivity contribution in [3.05, 3.63) is 52.9 Å². The molecule has 2 aromatic heterocycles. The molecule has 8 heteroatoms. The maximum absolute atomic E-state index is 12.1. The van der Waals surface area contributed by atoms with Crippen LogP contribution in [0.4, 0.5) is 0 Å². The Bertz CT molecular complexity index is 906. The summed E-state index contributed by atoms with van der Waals surface area (Å²) in [6, 6.07) is 9.33. The van der Waals surface area contributed by atoms with E-state index >= 15 is 0 Å². The van der Waals surface area contributed by atoms with Crippen molar-refractivity contribution in [2.75, 3.05) is 5.75 Å². The number of rotatable bonds is 7. The van der Waals surface area contributed by atoms with E-state index in [1.165, 1.54) is 11.8 Å². The second-order valence-electron chi connectivity index (χ2n) is 5.60. The van der Waals surface area contributed by atoms with Crippen LogP contribution in [0.3, 0.4) is 0 Å². The summed E-state index contributed by atoms with van der Waals surface area (Å²) in [5.74, 6) is 1.72. The predicted molar refractivity (Wildman–Crippen MR) is 102 cm³/mol. The molecule has 136 valence electrons. The minimum Gasteiger partial charge on any atom is -0.469 e. The van der Waals surface area contributed by atoms with Crippen LogP contribution in [0.25, 0.3) is 11.4 Å². The lowest BCUT2D eigenvalue weighted by molar-refractivity contribution is -0.118. The lowest BCUT2D eigenvalue weighted by Gasteiger charge is -2.08. The summed E-state index contributed by atoms with van der Waals surface area (Å²) in [7, 11) is 0. The van der Waals surface area contributed by atoms with E-state index in [1.54, 1.807) is 12.3 Å². The van der Waals surface area contributed by atoms with Gasteiger partial charge < -0.3 is 14.3 Å². The second kappa shape index (κ2) is 8.42. The zero-order valence-corrected chi connectivity index (χ0v) is 16.1. The van der Waals surface area contributed by atoms with Crippen molar-refractivity contribution in [3.8, 4) is 11.4 Å². The van der Waals surface area contributed by atoms with Gasteiger partial charge in [-0.05, 0) is 31.5 Å². The maximum atomic E-state index is 12.1. The zero-order chi connectivity index (χ0) is 18.5. The van der Waals surface area contributed by atoms with E-state index in [2.05, 4.69) is 15.5 Å². The zero-order valence-electron chi connectivity index (χ0n) is 14.5. The fourth-order valence-electron chi connectivity index (χ4n) is 2.51. The lowest BCUT2D eigenvalue weighted by Crippen LogP contribution is -2.24. The summed E-state index contributed by atoms with van der Waals surface area (Å²) in [6.07, 6.45) is 1.63. The second-order valence-corrected chi connectivity index (χ2v) is 6.95. The monoisotopic (exact) mass is 390 g/mol. The van der Waals surface area contributed by atoms with Gasteiger partial charge in [0.25, 0.3) is 0 Å².